The van der Waals surface area contributed by atoms with Crippen molar-refractivity contribution in [3.8, 4) is 0 Å². The van der Waals surface area contributed by atoms with E-state index in [0.717, 1.165) is 37.9 Å². The molecule has 3 heteroatoms. The lowest BCUT2D eigenvalue weighted by Gasteiger charge is -2.01. The number of aromatic amines is 1. The molecule has 4 rings (SSSR count). The van der Waals surface area contributed by atoms with E-state index in [1.165, 1.54) is 5.56 Å². The summed E-state index contributed by atoms with van der Waals surface area (Å²) in [5, 5.41) is 2.85. The second-order valence-corrected chi connectivity index (χ2v) is 5.22. The van der Waals surface area contributed by atoms with Gasteiger partial charge in [0.15, 0.2) is 0 Å². The minimum absolute atomic E-state index is 0.745. The van der Waals surface area contributed by atoms with Gasteiger partial charge in [-0.15, -0.1) is 0 Å². The number of benzene rings is 2. The monoisotopic (exact) mass is 266 g/mol. The summed E-state index contributed by atoms with van der Waals surface area (Å²) >= 11 is 6.51. The molecule has 0 saturated heterocycles. The minimum atomic E-state index is 0.745. The van der Waals surface area contributed by atoms with Crippen LogP contribution < -0.4 is 0 Å². The number of halogens is 1. The van der Waals surface area contributed by atoms with Crippen LogP contribution in [0.25, 0.3) is 32.8 Å². The number of hydrogen-bond donors (Lipinski definition) is 1. The van der Waals surface area contributed by atoms with Gasteiger partial charge in [-0.2, -0.15) is 0 Å². The first kappa shape index (κ1) is 10.8. The molecule has 0 spiro atoms. The zero-order chi connectivity index (χ0) is 13.0. The number of rotatable bonds is 0. The van der Waals surface area contributed by atoms with Crippen molar-refractivity contribution in [1.29, 1.82) is 0 Å². The fourth-order valence-corrected chi connectivity index (χ4v) is 2.88. The van der Waals surface area contributed by atoms with Gasteiger partial charge < -0.3 is 4.98 Å². The Labute approximate surface area is 115 Å². The zero-order valence-corrected chi connectivity index (χ0v) is 11.1. The Balaban J connectivity index is 2.29. The summed E-state index contributed by atoms with van der Waals surface area (Å²) in [4.78, 5) is 8.13. The normalized spacial score (nSPS) is 11.7. The van der Waals surface area contributed by atoms with Crippen LogP contribution in [0.3, 0.4) is 0 Å². The number of pyridine rings is 1. The number of fused-ring (bicyclic) bond motifs is 4. The Morgan fingerprint density at radius 1 is 1.05 bits per heavy atom. The second kappa shape index (κ2) is 3.72. The van der Waals surface area contributed by atoms with E-state index in [9.17, 15) is 0 Å². The Morgan fingerprint density at radius 3 is 2.79 bits per heavy atom. The molecule has 2 nitrogen and oxygen atoms in total. The predicted octanol–water partition coefficient (Wildman–Crippen LogP) is 4.83. The van der Waals surface area contributed by atoms with Crippen molar-refractivity contribution in [3.05, 3.63) is 53.1 Å². The molecular formula is C16H11ClN2. The molecule has 0 aliphatic carbocycles. The van der Waals surface area contributed by atoms with Gasteiger partial charge in [-0.1, -0.05) is 41.9 Å². The molecule has 1 N–H and O–H groups in total. The summed E-state index contributed by atoms with van der Waals surface area (Å²) < 4.78 is 0. The van der Waals surface area contributed by atoms with Crippen LogP contribution in [0.1, 0.15) is 5.56 Å². The van der Waals surface area contributed by atoms with Gasteiger partial charge in [0.1, 0.15) is 0 Å². The van der Waals surface area contributed by atoms with E-state index in [4.69, 9.17) is 16.6 Å². The van der Waals surface area contributed by atoms with Gasteiger partial charge in [-0.3, -0.25) is 0 Å². The Morgan fingerprint density at radius 2 is 1.89 bits per heavy atom. The molecule has 2 heterocycles. The molecule has 0 bridgehead atoms. The first-order valence-corrected chi connectivity index (χ1v) is 6.58. The van der Waals surface area contributed by atoms with Crippen LogP contribution in [-0.4, -0.2) is 9.97 Å². The van der Waals surface area contributed by atoms with E-state index in [2.05, 4.69) is 30.1 Å². The van der Waals surface area contributed by atoms with Gasteiger partial charge in [0.2, 0.25) is 0 Å². The lowest BCUT2D eigenvalue weighted by Crippen LogP contribution is -1.82. The average Bonchev–Trinajstić information content (AvgIpc) is 2.77. The Kier molecular flexibility index (Phi) is 2.12. The van der Waals surface area contributed by atoms with Gasteiger partial charge in [0.25, 0.3) is 0 Å². The summed E-state index contributed by atoms with van der Waals surface area (Å²) in [6.45, 7) is 2.08. The number of aryl methyl sites for hydroxylation is 1. The average molecular weight is 267 g/mol. The van der Waals surface area contributed by atoms with E-state index < -0.39 is 0 Å². The van der Waals surface area contributed by atoms with Gasteiger partial charge in [0, 0.05) is 16.3 Å². The predicted molar refractivity (Wildman–Crippen MR) is 80.9 cm³/mol. The van der Waals surface area contributed by atoms with Crippen LogP contribution in [0.4, 0.5) is 0 Å². The van der Waals surface area contributed by atoms with E-state index in [1.54, 1.807) is 0 Å². The molecule has 92 valence electrons. The third-order valence-corrected chi connectivity index (χ3v) is 3.91. The maximum atomic E-state index is 6.51. The quantitative estimate of drug-likeness (QED) is 0.485. The van der Waals surface area contributed by atoms with Crippen LogP contribution in [-0.2, 0) is 0 Å². The van der Waals surface area contributed by atoms with Crippen LogP contribution in [0.2, 0.25) is 5.02 Å². The molecule has 2 aromatic heterocycles. The topological polar surface area (TPSA) is 28.7 Å². The van der Waals surface area contributed by atoms with Crippen LogP contribution in [0.5, 0.6) is 0 Å². The van der Waals surface area contributed by atoms with Crippen molar-refractivity contribution in [1.82, 2.24) is 9.97 Å². The highest BCUT2D eigenvalue weighted by Crippen LogP contribution is 2.34. The van der Waals surface area contributed by atoms with Gasteiger partial charge in [0.05, 0.1) is 21.6 Å². The fraction of sp³-hybridized carbons (Fsp3) is 0.0625. The highest BCUT2D eigenvalue weighted by Gasteiger charge is 2.12. The molecule has 2 aromatic carbocycles. The number of aromatic nitrogens is 2. The number of nitrogens with one attached hydrogen (secondary N) is 1. The molecular weight excluding hydrogens is 256 g/mol. The van der Waals surface area contributed by atoms with E-state index in [1.807, 2.05) is 24.3 Å². The Hall–Kier alpha value is -2.06. The zero-order valence-electron chi connectivity index (χ0n) is 10.4. The van der Waals surface area contributed by atoms with Crippen LogP contribution >= 0.6 is 11.6 Å². The number of H-pyrrole nitrogens is 1. The fourth-order valence-electron chi connectivity index (χ4n) is 2.58. The highest BCUT2D eigenvalue weighted by molar-refractivity contribution is 6.40. The van der Waals surface area contributed by atoms with E-state index in [0.29, 0.717) is 0 Å². The third-order valence-electron chi connectivity index (χ3n) is 3.52. The largest absolute Gasteiger partial charge is 0.352 e. The van der Waals surface area contributed by atoms with Crippen molar-refractivity contribution in [2.75, 3.05) is 0 Å². The molecule has 0 aliphatic heterocycles. The number of hydrogen-bond acceptors (Lipinski definition) is 1. The van der Waals surface area contributed by atoms with Crippen LogP contribution in [0.15, 0.2) is 42.5 Å². The summed E-state index contributed by atoms with van der Waals surface area (Å²) in [6.07, 6.45) is 0. The lowest BCUT2D eigenvalue weighted by atomic mass is 10.1. The molecule has 0 amide bonds. The minimum Gasteiger partial charge on any atom is -0.352 e. The molecule has 0 atom stereocenters. The first-order valence-electron chi connectivity index (χ1n) is 6.20. The molecule has 4 aromatic rings. The van der Waals surface area contributed by atoms with Crippen molar-refractivity contribution in [3.63, 3.8) is 0 Å². The maximum Gasteiger partial charge on any atom is 0.0980 e. The smallest absolute Gasteiger partial charge is 0.0980 e. The molecule has 0 saturated carbocycles. The summed E-state index contributed by atoms with van der Waals surface area (Å²) in [6, 6.07) is 14.3. The Bertz CT molecular complexity index is 938. The summed E-state index contributed by atoms with van der Waals surface area (Å²) in [5.41, 5.74) is 5.10. The van der Waals surface area contributed by atoms with E-state index >= 15 is 0 Å². The molecule has 0 radical (unpaired) electrons. The van der Waals surface area contributed by atoms with Crippen molar-refractivity contribution >= 4 is 44.4 Å². The molecule has 0 unspecified atom stereocenters. The maximum absolute atomic E-state index is 6.51. The number of para-hydroxylation sites is 1. The third kappa shape index (κ3) is 1.47. The molecule has 0 aliphatic rings. The number of nitrogens with zero attached hydrogens (tertiary/aromatic N) is 1. The highest BCUT2D eigenvalue weighted by atomic mass is 35.5. The van der Waals surface area contributed by atoms with Crippen molar-refractivity contribution < 1.29 is 0 Å². The van der Waals surface area contributed by atoms with Gasteiger partial charge in [-0.25, -0.2) is 4.98 Å². The van der Waals surface area contributed by atoms with Crippen LogP contribution in [0, 0.1) is 6.92 Å². The molecule has 0 fully saturated rings. The first-order chi connectivity index (χ1) is 9.24. The molecule has 19 heavy (non-hydrogen) atoms. The lowest BCUT2D eigenvalue weighted by molar-refractivity contribution is 1.47. The standard InChI is InChI=1S/C16H11ClN2/c1-9-6-7-11-13(8-9)19-16-14(17)10-4-2-3-5-12(10)18-15(11)16/h2-8,19H,1H3. The summed E-state index contributed by atoms with van der Waals surface area (Å²) in [7, 11) is 0. The van der Waals surface area contributed by atoms with Gasteiger partial charge >= 0.3 is 0 Å². The second-order valence-electron chi connectivity index (χ2n) is 4.84. The van der Waals surface area contributed by atoms with Crippen molar-refractivity contribution in [2.45, 2.75) is 6.92 Å². The van der Waals surface area contributed by atoms with Gasteiger partial charge in [-0.05, 0) is 24.6 Å². The van der Waals surface area contributed by atoms with Crippen molar-refractivity contribution in [2.24, 2.45) is 0 Å². The summed E-state index contributed by atoms with van der Waals surface area (Å²) in [5.74, 6) is 0. The SMILES string of the molecule is Cc1ccc2c(c1)[nH]c1c(Cl)c3ccccc3nc12. The van der Waals surface area contributed by atoms with E-state index in [-0.39, 0.29) is 0 Å².